The number of phenols is 1. The van der Waals surface area contributed by atoms with Crippen LogP contribution >= 0.6 is 0 Å². The topological polar surface area (TPSA) is 87.1 Å². The van der Waals surface area contributed by atoms with Crippen LogP contribution < -0.4 is 4.74 Å². The molecule has 1 aliphatic rings. The van der Waals surface area contributed by atoms with Gasteiger partial charge in [0.25, 0.3) is 11.7 Å². The molecule has 1 fully saturated rings. The van der Waals surface area contributed by atoms with E-state index in [1.807, 2.05) is 32.0 Å². The van der Waals surface area contributed by atoms with Gasteiger partial charge in [0.15, 0.2) is 0 Å². The van der Waals surface area contributed by atoms with Crippen LogP contribution in [0.2, 0.25) is 0 Å². The van der Waals surface area contributed by atoms with Crippen LogP contribution in [0.15, 0.2) is 66.2 Å². The molecule has 2 N–H and O–H groups in total. The summed E-state index contributed by atoms with van der Waals surface area (Å²) in [5.41, 5.74) is 3.11. The summed E-state index contributed by atoms with van der Waals surface area (Å²) >= 11 is 0. The van der Waals surface area contributed by atoms with E-state index in [0.29, 0.717) is 5.56 Å². The van der Waals surface area contributed by atoms with Crippen molar-refractivity contribution in [1.29, 1.82) is 0 Å². The Bertz CT molecular complexity index is 1310. The molecule has 174 valence electrons. The molecular formula is C27H24FNO5. The highest BCUT2D eigenvalue weighted by molar-refractivity contribution is 6.46. The lowest BCUT2D eigenvalue weighted by Gasteiger charge is -2.26. The molecule has 0 aromatic heterocycles. The molecule has 0 aliphatic carbocycles. The molecule has 7 heteroatoms. The van der Waals surface area contributed by atoms with Crippen LogP contribution in [0.3, 0.4) is 0 Å². The van der Waals surface area contributed by atoms with Crippen LogP contribution in [-0.4, -0.2) is 33.9 Å². The van der Waals surface area contributed by atoms with Gasteiger partial charge in [0.05, 0.1) is 24.3 Å². The number of hydrogen-bond acceptors (Lipinski definition) is 5. The molecule has 0 radical (unpaired) electrons. The summed E-state index contributed by atoms with van der Waals surface area (Å²) in [7, 11) is 1.36. The SMILES string of the molecule is COc1ccc(F)cc1/C(O)=C1\C(=O)C(=O)N(Cc2cc(C)ccc2C)C1c1ccc(O)cc1. The maximum absolute atomic E-state index is 14.0. The van der Waals surface area contributed by atoms with Crippen molar-refractivity contribution in [2.45, 2.75) is 26.4 Å². The fourth-order valence-electron chi connectivity index (χ4n) is 4.21. The number of aryl methyl sites for hydroxylation is 2. The molecule has 0 saturated carbocycles. The lowest BCUT2D eigenvalue weighted by molar-refractivity contribution is -0.140. The zero-order valence-corrected chi connectivity index (χ0v) is 19.0. The monoisotopic (exact) mass is 461 g/mol. The number of carbonyl (C=O) groups excluding carboxylic acids is 2. The molecule has 1 amide bonds. The van der Waals surface area contributed by atoms with E-state index in [2.05, 4.69) is 0 Å². The molecule has 3 aromatic rings. The fourth-order valence-corrected chi connectivity index (χ4v) is 4.21. The van der Waals surface area contributed by atoms with Crippen molar-refractivity contribution in [1.82, 2.24) is 4.90 Å². The van der Waals surface area contributed by atoms with Crippen molar-refractivity contribution in [2.75, 3.05) is 7.11 Å². The van der Waals surface area contributed by atoms with E-state index in [9.17, 15) is 24.2 Å². The molecular weight excluding hydrogens is 437 g/mol. The van der Waals surface area contributed by atoms with Crippen molar-refractivity contribution in [3.63, 3.8) is 0 Å². The van der Waals surface area contributed by atoms with Crippen LogP contribution in [0.5, 0.6) is 11.5 Å². The predicted octanol–water partition coefficient (Wildman–Crippen LogP) is 4.78. The molecule has 3 aromatic carbocycles. The van der Waals surface area contributed by atoms with Crippen molar-refractivity contribution in [3.05, 3.63) is 99.9 Å². The van der Waals surface area contributed by atoms with Gasteiger partial charge in [-0.25, -0.2) is 4.39 Å². The van der Waals surface area contributed by atoms with Crippen LogP contribution in [-0.2, 0) is 16.1 Å². The summed E-state index contributed by atoms with van der Waals surface area (Å²) in [5.74, 6) is -2.65. The third-order valence-corrected chi connectivity index (χ3v) is 6.01. The number of methoxy groups -OCH3 is 1. The average Bonchev–Trinajstić information content (AvgIpc) is 3.06. The standard InChI is InChI=1S/C27H24FNO5/c1-15-4-5-16(2)18(12-15)14-29-24(17-6-9-20(30)10-7-17)23(26(32)27(29)33)25(31)21-13-19(28)8-11-22(21)34-3/h4-13,24,30-31H,14H2,1-3H3/b25-23+. The van der Waals surface area contributed by atoms with E-state index in [1.165, 1.54) is 36.3 Å². The molecule has 0 bridgehead atoms. The maximum Gasteiger partial charge on any atom is 0.295 e. The number of halogens is 1. The first kappa shape index (κ1) is 23.0. The number of rotatable bonds is 5. The van der Waals surface area contributed by atoms with Crippen LogP contribution in [0, 0.1) is 19.7 Å². The van der Waals surface area contributed by atoms with Crippen LogP contribution in [0.1, 0.15) is 33.9 Å². The first-order valence-electron chi connectivity index (χ1n) is 10.7. The minimum atomic E-state index is -0.950. The van der Waals surface area contributed by atoms with E-state index >= 15 is 0 Å². The number of aliphatic hydroxyl groups excluding tert-OH is 1. The van der Waals surface area contributed by atoms with E-state index in [4.69, 9.17) is 4.74 Å². The summed E-state index contributed by atoms with van der Waals surface area (Å²) in [5, 5.41) is 21.0. The number of nitrogens with zero attached hydrogens (tertiary/aromatic N) is 1. The summed E-state index contributed by atoms with van der Waals surface area (Å²) in [4.78, 5) is 27.8. The van der Waals surface area contributed by atoms with Crippen molar-refractivity contribution >= 4 is 17.4 Å². The Morgan fingerprint density at radius 2 is 1.74 bits per heavy atom. The van der Waals surface area contributed by atoms with Gasteiger partial charge in [0.2, 0.25) is 0 Å². The van der Waals surface area contributed by atoms with Crippen molar-refractivity contribution < 1.29 is 28.9 Å². The zero-order valence-electron chi connectivity index (χ0n) is 19.0. The number of likely N-dealkylation sites (tertiary alicyclic amines) is 1. The van der Waals surface area contributed by atoms with Gasteiger partial charge in [-0.1, -0.05) is 35.9 Å². The number of Topliss-reactive ketones (excluding diaryl/α,β-unsaturated/α-hetero) is 1. The van der Waals surface area contributed by atoms with Crippen LogP contribution in [0.25, 0.3) is 5.76 Å². The van der Waals surface area contributed by atoms with Gasteiger partial charge in [-0.05, 0) is 60.9 Å². The highest BCUT2D eigenvalue weighted by atomic mass is 19.1. The Morgan fingerprint density at radius 3 is 2.41 bits per heavy atom. The molecule has 1 unspecified atom stereocenters. The first-order chi connectivity index (χ1) is 16.2. The Hall–Kier alpha value is -4.13. The summed E-state index contributed by atoms with van der Waals surface area (Å²) in [6.45, 7) is 3.98. The molecule has 1 heterocycles. The number of ether oxygens (including phenoxy) is 1. The molecule has 6 nitrogen and oxygen atoms in total. The average molecular weight is 461 g/mol. The van der Waals surface area contributed by atoms with Gasteiger partial charge in [-0.3, -0.25) is 9.59 Å². The quantitative estimate of drug-likeness (QED) is 0.324. The van der Waals surface area contributed by atoms with E-state index < -0.39 is 29.3 Å². The number of benzene rings is 3. The second kappa shape index (κ2) is 9.02. The van der Waals surface area contributed by atoms with Crippen LogP contribution in [0.4, 0.5) is 4.39 Å². The number of amides is 1. The van der Waals surface area contributed by atoms with Gasteiger partial charge in [-0.2, -0.15) is 0 Å². The number of aromatic hydroxyl groups is 1. The van der Waals surface area contributed by atoms with Gasteiger partial charge in [0, 0.05) is 6.54 Å². The molecule has 4 rings (SSSR count). The lowest BCUT2D eigenvalue weighted by Crippen LogP contribution is -2.29. The molecule has 1 atom stereocenters. The molecule has 0 spiro atoms. The number of aliphatic hydroxyl groups is 1. The zero-order chi connectivity index (χ0) is 24.6. The smallest absolute Gasteiger partial charge is 0.295 e. The van der Waals surface area contributed by atoms with Gasteiger partial charge in [-0.15, -0.1) is 0 Å². The lowest BCUT2D eigenvalue weighted by atomic mass is 9.94. The largest absolute Gasteiger partial charge is 0.508 e. The number of ketones is 1. The Labute approximate surface area is 196 Å². The highest BCUT2D eigenvalue weighted by Gasteiger charge is 2.46. The van der Waals surface area contributed by atoms with Crippen molar-refractivity contribution in [3.8, 4) is 11.5 Å². The third kappa shape index (κ3) is 4.12. The minimum absolute atomic E-state index is 0.0158. The maximum atomic E-state index is 14.0. The van der Waals surface area contributed by atoms with E-state index in [-0.39, 0.29) is 29.2 Å². The summed E-state index contributed by atoms with van der Waals surface area (Å²) in [6.07, 6.45) is 0. The second-order valence-corrected chi connectivity index (χ2v) is 8.29. The molecule has 1 aliphatic heterocycles. The van der Waals surface area contributed by atoms with Crippen molar-refractivity contribution in [2.24, 2.45) is 0 Å². The number of hydrogen-bond donors (Lipinski definition) is 2. The number of carbonyl (C=O) groups is 2. The predicted molar refractivity (Wildman–Crippen MR) is 125 cm³/mol. The second-order valence-electron chi connectivity index (χ2n) is 8.29. The molecule has 1 saturated heterocycles. The van der Waals surface area contributed by atoms with E-state index in [1.54, 1.807) is 12.1 Å². The summed E-state index contributed by atoms with van der Waals surface area (Å²) in [6, 6.07) is 14.5. The normalized spacial score (nSPS) is 17.3. The minimum Gasteiger partial charge on any atom is -0.508 e. The number of phenolic OH excluding ortho intramolecular Hbond substituents is 1. The first-order valence-corrected chi connectivity index (χ1v) is 10.7. The Morgan fingerprint density at radius 1 is 1.03 bits per heavy atom. The van der Waals surface area contributed by atoms with Gasteiger partial charge >= 0.3 is 0 Å². The fraction of sp³-hybridized carbons (Fsp3) is 0.185. The molecule has 34 heavy (non-hydrogen) atoms. The van der Waals surface area contributed by atoms with Gasteiger partial charge in [0.1, 0.15) is 23.1 Å². The van der Waals surface area contributed by atoms with E-state index in [0.717, 1.165) is 22.8 Å². The summed E-state index contributed by atoms with van der Waals surface area (Å²) < 4.78 is 19.3. The third-order valence-electron chi connectivity index (χ3n) is 6.01. The Balaban J connectivity index is 1.92. The Kier molecular flexibility index (Phi) is 6.11. The van der Waals surface area contributed by atoms with Gasteiger partial charge < -0.3 is 19.8 Å². The highest BCUT2D eigenvalue weighted by Crippen LogP contribution is 2.42.